The van der Waals surface area contributed by atoms with Crippen LogP contribution in [0.15, 0.2) is 64.8 Å². The predicted molar refractivity (Wildman–Crippen MR) is 90.6 cm³/mol. The summed E-state index contributed by atoms with van der Waals surface area (Å²) in [6, 6.07) is 18.5. The maximum Gasteiger partial charge on any atom is 0.0178 e. The Morgan fingerprint density at radius 1 is 1.00 bits per heavy atom. The van der Waals surface area contributed by atoms with E-state index in [0.29, 0.717) is 0 Å². The van der Waals surface area contributed by atoms with E-state index in [0.717, 1.165) is 19.4 Å². The van der Waals surface area contributed by atoms with Gasteiger partial charge < -0.3 is 5.32 Å². The van der Waals surface area contributed by atoms with Crippen LogP contribution in [0.3, 0.4) is 0 Å². The smallest absolute Gasteiger partial charge is 0.0178 e. The van der Waals surface area contributed by atoms with Gasteiger partial charge in [-0.15, -0.1) is 0 Å². The van der Waals surface area contributed by atoms with Crippen LogP contribution in [-0.2, 0) is 6.42 Å². The summed E-state index contributed by atoms with van der Waals surface area (Å²) in [5, 5.41) is 3.39. The van der Waals surface area contributed by atoms with Crippen LogP contribution in [0.5, 0.6) is 0 Å². The zero-order valence-electron chi connectivity index (χ0n) is 11.8. The van der Waals surface area contributed by atoms with E-state index in [1.54, 1.807) is 0 Å². The van der Waals surface area contributed by atoms with Gasteiger partial charge in [0.15, 0.2) is 0 Å². The summed E-state index contributed by atoms with van der Waals surface area (Å²) in [4.78, 5) is 0. The van der Waals surface area contributed by atoms with E-state index in [4.69, 9.17) is 0 Å². The fraction of sp³-hybridized carbons (Fsp3) is 0.222. The van der Waals surface area contributed by atoms with E-state index < -0.39 is 0 Å². The number of fused-ring (bicyclic) bond motifs is 1. The van der Waals surface area contributed by atoms with Gasteiger partial charge in [0.25, 0.3) is 0 Å². The molecule has 2 aromatic rings. The molecule has 1 N–H and O–H groups in total. The van der Waals surface area contributed by atoms with E-state index >= 15 is 0 Å². The van der Waals surface area contributed by atoms with Crippen molar-refractivity contribution in [3.05, 3.63) is 75.9 Å². The van der Waals surface area contributed by atoms with Crippen LogP contribution >= 0.6 is 15.9 Å². The highest BCUT2D eigenvalue weighted by molar-refractivity contribution is 9.10. The van der Waals surface area contributed by atoms with Crippen LogP contribution < -0.4 is 5.32 Å². The van der Waals surface area contributed by atoms with Crippen molar-refractivity contribution >= 4 is 22.0 Å². The lowest BCUT2D eigenvalue weighted by molar-refractivity contribution is 0.770. The van der Waals surface area contributed by atoms with Crippen molar-refractivity contribution in [2.75, 3.05) is 6.54 Å². The van der Waals surface area contributed by atoms with Gasteiger partial charge in [-0.2, -0.15) is 0 Å². The van der Waals surface area contributed by atoms with Crippen LogP contribution in [-0.4, -0.2) is 6.54 Å². The Labute approximate surface area is 129 Å². The van der Waals surface area contributed by atoms with Crippen LogP contribution in [0.25, 0.3) is 6.08 Å². The Hall–Kier alpha value is -1.54. The summed E-state index contributed by atoms with van der Waals surface area (Å²) in [5.74, 6) is 0. The van der Waals surface area contributed by atoms with Crippen molar-refractivity contribution in [1.29, 1.82) is 0 Å². The fourth-order valence-corrected chi connectivity index (χ4v) is 2.62. The Balaban J connectivity index is 0.000000205. The Morgan fingerprint density at radius 3 is 2.25 bits per heavy atom. The van der Waals surface area contributed by atoms with Gasteiger partial charge in [-0.1, -0.05) is 58.4 Å². The number of allylic oxidation sites excluding steroid dienone is 1. The quantitative estimate of drug-likeness (QED) is 0.814. The first kappa shape index (κ1) is 14.9. The van der Waals surface area contributed by atoms with Crippen molar-refractivity contribution < 1.29 is 0 Å². The van der Waals surface area contributed by atoms with Crippen LogP contribution in [0, 0.1) is 0 Å². The molecule has 1 nitrogen and oxygen atoms in total. The molecular formula is C18H20BrN. The first-order valence-electron chi connectivity index (χ1n) is 7.02. The monoisotopic (exact) mass is 329 g/mol. The molecule has 0 saturated carbocycles. The van der Waals surface area contributed by atoms with Crippen LogP contribution in [0.4, 0.5) is 0 Å². The molecule has 0 radical (unpaired) electrons. The molecule has 0 unspecified atom stereocenters. The summed E-state index contributed by atoms with van der Waals surface area (Å²) in [6.07, 6.45) is 4.54. The zero-order chi connectivity index (χ0) is 14.2. The number of nitrogens with one attached hydrogen (secondary N) is 1. The maximum atomic E-state index is 3.50. The standard InChI is InChI=1S/C12H14BrN.C6H6/c1-2-14-12-6-4-9-7-11(13)5-3-10(9)8-12;1-2-4-6-5-3-1/h3,5,7-8,14H,2,4,6H2,1H3;1-6H. The normalized spacial score (nSPS) is 12.6. The Bertz CT molecular complexity index is 534. The molecule has 104 valence electrons. The first-order chi connectivity index (χ1) is 9.79. The predicted octanol–water partition coefficient (Wildman–Crippen LogP) is 5.03. The van der Waals surface area contributed by atoms with E-state index in [2.05, 4.69) is 52.4 Å². The SMILES string of the molecule is CCNC1=Cc2ccc(Br)cc2CC1.c1ccccc1. The Morgan fingerprint density at radius 2 is 1.65 bits per heavy atom. The molecule has 0 amide bonds. The molecule has 3 rings (SSSR count). The highest BCUT2D eigenvalue weighted by Crippen LogP contribution is 2.25. The number of halogens is 1. The number of rotatable bonds is 2. The van der Waals surface area contributed by atoms with Crippen molar-refractivity contribution in [2.45, 2.75) is 19.8 Å². The zero-order valence-corrected chi connectivity index (χ0v) is 13.4. The van der Waals surface area contributed by atoms with Gasteiger partial charge in [0.05, 0.1) is 0 Å². The lowest BCUT2D eigenvalue weighted by atomic mass is 9.95. The van der Waals surface area contributed by atoms with Gasteiger partial charge in [0.2, 0.25) is 0 Å². The van der Waals surface area contributed by atoms with Gasteiger partial charge >= 0.3 is 0 Å². The molecule has 20 heavy (non-hydrogen) atoms. The van der Waals surface area contributed by atoms with Crippen molar-refractivity contribution in [3.63, 3.8) is 0 Å². The third kappa shape index (κ3) is 4.53. The van der Waals surface area contributed by atoms with Gasteiger partial charge in [-0.3, -0.25) is 0 Å². The molecule has 1 aliphatic rings. The number of aryl methyl sites for hydroxylation is 1. The largest absolute Gasteiger partial charge is 0.389 e. The molecule has 0 aromatic heterocycles. The van der Waals surface area contributed by atoms with Crippen molar-refractivity contribution in [1.82, 2.24) is 5.32 Å². The third-order valence-corrected chi connectivity index (χ3v) is 3.66. The minimum absolute atomic E-state index is 1.01. The second kappa shape index (κ2) is 7.91. The average Bonchev–Trinajstić information content (AvgIpc) is 2.50. The van der Waals surface area contributed by atoms with Gasteiger partial charge in [0.1, 0.15) is 0 Å². The Kier molecular flexibility index (Phi) is 5.87. The lowest BCUT2D eigenvalue weighted by Crippen LogP contribution is -2.15. The number of hydrogen-bond acceptors (Lipinski definition) is 1. The molecule has 1 aliphatic carbocycles. The highest BCUT2D eigenvalue weighted by Gasteiger charge is 2.09. The lowest BCUT2D eigenvalue weighted by Gasteiger charge is -2.17. The van der Waals surface area contributed by atoms with Gasteiger partial charge in [0, 0.05) is 16.7 Å². The summed E-state index contributed by atoms with van der Waals surface area (Å²) in [7, 11) is 0. The van der Waals surface area contributed by atoms with E-state index in [-0.39, 0.29) is 0 Å². The van der Waals surface area contributed by atoms with Crippen molar-refractivity contribution in [2.24, 2.45) is 0 Å². The highest BCUT2D eigenvalue weighted by atomic mass is 79.9. The van der Waals surface area contributed by atoms with Gasteiger partial charge in [-0.05, 0) is 49.1 Å². The van der Waals surface area contributed by atoms with Crippen molar-refractivity contribution in [3.8, 4) is 0 Å². The second-order valence-electron chi connectivity index (χ2n) is 4.70. The van der Waals surface area contributed by atoms with E-state index in [1.165, 1.54) is 21.3 Å². The van der Waals surface area contributed by atoms with Crippen LogP contribution in [0.2, 0.25) is 0 Å². The second-order valence-corrected chi connectivity index (χ2v) is 5.61. The minimum atomic E-state index is 1.01. The first-order valence-corrected chi connectivity index (χ1v) is 7.82. The molecule has 2 aromatic carbocycles. The van der Waals surface area contributed by atoms with E-state index in [1.807, 2.05) is 36.4 Å². The molecule has 0 heterocycles. The molecule has 2 heteroatoms. The molecule has 0 atom stereocenters. The van der Waals surface area contributed by atoms with E-state index in [9.17, 15) is 0 Å². The molecular weight excluding hydrogens is 310 g/mol. The average molecular weight is 330 g/mol. The topological polar surface area (TPSA) is 12.0 Å². The summed E-state index contributed by atoms with van der Waals surface area (Å²) in [6.45, 7) is 3.15. The minimum Gasteiger partial charge on any atom is -0.389 e. The molecule has 0 spiro atoms. The molecule has 0 fully saturated rings. The number of hydrogen-bond donors (Lipinski definition) is 1. The summed E-state index contributed by atoms with van der Waals surface area (Å²) >= 11 is 3.50. The van der Waals surface area contributed by atoms with Crippen LogP contribution in [0.1, 0.15) is 24.5 Å². The summed E-state index contributed by atoms with van der Waals surface area (Å²) < 4.78 is 1.18. The summed E-state index contributed by atoms with van der Waals surface area (Å²) in [5.41, 5.74) is 4.17. The molecule has 0 saturated heterocycles. The molecule has 0 bridgehead atoms. The maximum absolute atomic E-state index is 3.50. The molecule has 0 aliphatic heterocycles. The third-order valence-electron chi connectivity index (χ3n) is 3.17. The number of benzene rings is 2. The van der Waals surface area contributed by atoms with Gasteiger partial charge in [-0.25, -0.2) is 0 Å². The fourth-order valence-electron chi connectivity index (χ4n) is 2.21.